The first-order valence-electron chi connectivity index (χ1n) is 5.78. The van der Waals surface area contributed by atoms with E-state index in [0.717, 1.165) is 6.54 Å². The Morgan fingerprint density at radius 1 is 0.769 bits per heavy atom. The van der Waals surface area contributed by atoms with E-state index in [1.54, 1.807) is 0 Å². The fourth-order valence-electron chi connectivity index (χ4n) is 1.51. The van der Waals surface area contributed by atoms with Crippen molar-refractivity contribution >= 4 is 12.8 Å². The van der Waals surface area contributed by atoms with Gasteiger partial charge in [0.1, 0.15) is 0 Å². The van der Waals surface area contributed by atoms with E-state index in [-0.39, 0.29) is 0 Å². The zero-order chi connectivity index (χ0) is 9.78. The molecule has 0 rings (SSSR count). The monoisotopic (exact) mass is 203 g/mol. The molecule has 0 bridgehead atoms. The minimum atomic E-state index is 1.05. The van der Waals surface area contributed by atoms with E-state index >= 15 is 0 Å². The molecule has 0 aromatic carbocycles. The summed E-state index contributed by atoms with van der Waals surface area (Å²) in [5, 5.41) is 0. The lowest BCUT2D eigenvalue weighted by Crippen LogP contribution is -1.99. The number of nitrogens with one attached hydrogen (secondary N) is 1. The van der Waals surface area contributed by atoms with Crippen LogP contribution in [0.2, 0.25) is 0 Å². The molecule has 0 saturated heterocycles. The van der Waals surface area contributed by atoms with Gasteiger partial charge in [0, 0.05) is 6.54 Å². The average Bonchev–Trinajstić information content (AvgIpc) is 2.16. The van der Waals surface area contributed by atoms with Crippen LogP contribution in [0.25, 0.3) is 0 Å². The van der Waals surface area contributed by atoms with Gasteiger partial charge in [-0.2, -0.15) is 0 Å². The molecule has 80 valence electrons. The summed E-state index contributed by atoms with van der Waals surface area (Å²) in [5.74, 6) is 0. The van der Waals surface area contributed by atoms with E-state index in [0.29, 0.717) is 0 Å². The third-order valence-electron chi connectivity index (χ3n) is 2.39. The molecule has 0 spiro atoms. The quantitative estimate of drug-likeness (QED) is 0.405. The van der Waals surface area contributed by atoms with E-state index in [1.807, 2.05) is 0 Å². The largest absolute Gasteiger partial charge is 0.267 e. The summed E-state index contributed by atoms with van der Waals surface area (Å²) >= 11 is 3.95. The Morgan fingerprint density at radius 3 is 1.69 bits per heavy atom. The molecule has 0 aliphatic heterocycles. The smallest absolute Gasteiger partial charge is 0.00561 e. The van der Waals surface area contributed by atoms with Crippen LogP contribution in [0.1, 0.15) is 64.7 Å². The van der Waals surface area contributed by atoms with Crippen LogP contribution >= 0.6 is 12.8 Å². The Balaban J connectivity index is 2.76. The predicted octanol–water partition coefficient (Wildman–Crippen LogP) is 3.95. The second-order valence-corrected chi connectivity index (χ2v) is 4.05. The van der Waals surface area contributed by atoms with Crippen molar-refractivity contribution in [2.24, 2.45) is 0 Å². The first-order chi connectivity index (χ1) is 6.41. The Hall–Kier alpha value is 0.310. The molecule has 1 nitrogen and oxygen atoms in total. The summed E-state index contributed by atoms with van der Waals surface area (Å²) in [7, 11) is 0. The normalized spacial score (nSPS) is 10.6. The van der Waals surface area contributed by atoms with Gasteiger partial charge in [-0.05, 0) is 6.42 Å². The van der Waals surface area contributed by atoms with Gasteiger partial charge in [-0.15, -0.1) is 0 Å². The average molecular weight is 203 g/mol. The summed E-state index contributed by atoms with van der Waals surface area (Å²) < 4.78 is 2.88. The molecule has 0 amide bonds. The van der Waals surface area contributed by atoms with Crippen molar-refractivity contribution in [3.05, 3.63) is 0 Å². The molecule has 0 aliphatic carbocycles. The second-order valence-electron chi connectivity index (χ2n) is 3.74. The van der Waals surface area contributed by atoms with Crippen molar-refractivity contribution < 1.29 is 0 Å². The van der Waals surface area contributed by atoms with Crippen molar-refractivity contribution in [1.82, 2.24) is 4.72 Å². The molecule has 13 heavy (non-hydrogen) atoms. The van der Waals surface area contributed by atoms with Crippen LogP contribution in [0.4, 0.5) is 0 Å². The van der Waals surface area contributed by atoms with Gasteiger partial charge in [-0.3, -0.25) is 4.72 Å². The van der Waals surface area contributed by atoms with Crippen LogP contribution in [0, 0.1) is 0 Å². The SMILES string of the molecule is CCCCCCCCCCCNS. The van der Waals surface area contributed by atoms with E-state index < -0.39 is 0 Å². The number of hydrogen-bond acceptors (Lipinski definition) is 2. The Labute approximate surface area is 89.2 Å². The van der Waals surface area contributed by atoms with Gasteiger partial charge >= 0.3 is 0 Å². The maximum atomic E-state index is 3.95. The predicted molar refractivity (Wildman–Crippen MR) is 64.2 cm³/mol. The van der Waals surface area contributed by atoms with Crippen LogP contribution in [-0.2, 0) is 0 Å². The third-order valence-corrected chi connectivity index (χ3v) is 2.62. The van der Waals surface area contributed by atoms with Crippen LogP contribution in [0.15, 0.2) is 0 Å². The van der Waals surface area contributed by atoms with Crippen LogP contribution in [-0.4, -0.2) is 6.54 Å². The zero-order valence-corrected chi connectivity index (χ0v) is 9.91. The minimum Gasteiger partial charge on any atom is -0.267 e. The highest BCUT2D eigenvalue weighted by molar-refractivity contribution is 7.78. The molecule has 0 unspecified atom stereocenters. The van der Waals surface area contributed by atoms with Gasteiger partial charge in [-0.25, -0.2) is 0 Å². The third kappa shape index (κ3) is 12.3. The Kier molecular flexibility index (Phi) is 12.6. The summed E-state index contributed by atoms with van der Waals surface area (Å²) in [5.41, 5.74) is 0. The van der Waals surface area contributed by atoms with Crippen molar-refractivity contribution in [2.75, 3.05) is 6.54 Å². The molecule has 0 aromatic heterocycles. The van der Waals surface area contributed by atoms with Gasteiger partial charge in [0.25, 0.3) is 0 Å². The van der Waals surface area contributed by atoms with Crippen molar-refractivity contribution in [2.45, 2.75) is 64.7 Å². The summed E-state index contributed by atoms with van der Waals surface area (Å²) in [4.78, 5) is 0. The number of unbranched alkanes of at least 4 members (excludes halogenated alkanes) is 8. The molecule has 0 heterocycles. The van der Waals surface area contributed by atoms with E-state index in [4.69, 9.17) is 0 Å². The first kappa shape index (κ1) is 13.3. The van der Waals surface area contributed by atoms with Crippen molar-refractivity contribution in [3.63, 3.8) is 0 Å². The summed E-state index contributed by atoms with van der Waals surface area (Å²) in [6.07, 6.45) is 12.6. The topological polar surface area (TPSA) is 12.0 Å². The number of hydrogen-bond donors (Lipinski definition) is 2. The lowest BCUT2D eigenvalue weighted by atomic mass is 10.1. The van der Waals surface area contributed by atoms with E-state index in [2.05, 4.69) is 24.5 Å². The molecule has 0 radical (unpaired) electrons. The second kappa shape index (κ2) is 12.3. The zero-order valence-electron chi connectivity index (χ0n) is 9.02. The van der Waals surface area contributed by atoms with Crippen molar-refractivity contribution in [1.29, 1.82) is 0 Å². The number of thiol groups is 1. The van der Waals surface area contributed by atoms with Crippen LogP contribution in [0.3, 0.4) is 0 Å². The molecular formula is C11H25NS. The summed E-state index contributed by atoms with van der Waals surface area (Å²) in [6.45, 7) is 3.32. The lowest BCUT2D eigenvalue weighted by Gasteiger charge is -2.01. The fourth-order valence-corrected chi connectivity index (χ4v) is 1.67. The maximum Gasteiger partial charge on any atom is 0.00561 e. The first-order valence-corrected chi connectivity index (χ1v) is 6.23. The molecule has 0 aliphatic rings. The van der Waals surface area contributed by atoms with Crippen molar-refractivity contribution in [3.8, 4) is 0 Å². The van der Waals surface area contributed by atoms with Gasteiger partial charge in [-0.1, -0.05) is 71.1 Å². The Morgan fingerprint density at radius 2 is 1.23 bits per heavy atom. The van der Waals surface area contributed by atoms with E-state index in [9.17, 15) is 0 Å². The standard InChI is InChI=1S/C11H25NS/c1-2-3-4-5-6-7-8-9-10-11-12-13/h12-13H,2-11H2,1H3. The van der Waals surface area contributed by atoms with Gasteiger partial charge in [0.05, 0.1) is 0 Å². The lowest BCUT2D eigenvalue weighted by molar-refractivity contribution is 0.565. The fraction of sp³-hybridized carbons (Fsp3) is 1.00. The molecule has 0 aromatic rings. The van der Waals surface area contributed by atoms with E-state index in [1.165, 1.54) is 57.8 Å². The molecule has 2 heteroatoms. The molecule has 0 fully saturated rings. The molecule has 0 atom stereocenters. The minimum absolute atomic E-state index is 1.05. The molecule has 1 N–H and O–H groups in total. The highest BCUT2D eigenvalue weighted by Crippen LogP contribution is 2.08. The maximum absolute atomic E-state index is 3.95. The van der Waals surface area contributed by atoms with Crippen LogP contribution < -0.4 is 4.72 Å². The van der Waals surface area contributed by atoms with Gasteiger partial charge in [0.2, 0.25) is 0 Å². The molecular weight excluding hydrogens is 178 g/mol. The number of rotatable bonds is 10. The highest BCUT2D eigenvalue weighted by Gasteiger charge is 1.90. The Bertz CT molecular complexity index is 76.2. The molecule has 0 saturated carbocycles. The van der Waals surface area contributed by atoms with Crippen LogP contribution in [0.5, 0.6) is 0 Å². The van der Waals surface area contributed by atoms with Gasteiger partial charge < -0.3 is 0 Å². The summed E-state index contributed by atoms with van der Waals surface area (Å²) in [6, 6.07) is 0. The van der Waals surface area contributed by atoms with Gasteiger partial charge in [0.15, 0.2) is 0 Å². The highest BCUT2D eigenvalue weighted by atomic mass is 32.1.